The van der Waals surface area contributed by atoms with E-state index in [0.29, 0.717) is 12.2 Å². The fourth-order valence-electron chi connectivity index (χ4n) is 1.67. The molecule has 1 heterocycles. The molecule has 112 valence electrons. The third kappa shape index (κ3) is 4.35. The number of halogens is 1. The van der Waals surface area contributed by atoms with Gasteiger partial charge in [-0.2, -0.15) is 4.98 Å². The van der Waals surface area contributed by atoms with Gasteiger partial charge in [-0.05, 0) is 31.7 Å². The Hall–Kier alpha value is -2.28. The van der Waals surface area contributed by atoms with E-state index in [1.54, 1.807) is 12.1 Å². The molecule has 2 aromatic rings. The molecular formula is C14H17FN4O2. The highest BCUT2D eigenvalue weighted by Gasteiger charge is 2.15. The Morgan fingerprint density at radius 3 is 2.76 bits per heavy atom. The third-order valence-electron chi connectivity index (χ3n) is 3.01. The Kier molecular flexibility index (Phi) is 4.99. The number of hydrogen-bond acceptors (Lipinski definition) is 5. The topological polar surface area (TPSA) is 80.0 Å². The van der Waals surface area contributed by atoms with Crippen LogP contribution in [-0.2, 0) is 13.0 Å². The molecule has 2 rings (SSSR count). The maximum absolute atomic E-state index is 12.8. The van der Waals surface area contributed by atoms with Gasteiger partial charge in [-0.15, -0.1) is 0 Å². The minimum absolute atomic E-state index is 0.0737. The second-order valence-electron chi connectivity index (χ2n) is 4.72. The summed E-state index contributed by atoms with van der Waals surface area (Å²) >= 11 is 0. The molecule has 1 atom stereocenters. The molecule has 1 amide bonds. The Balaban J connectivity index is 1.90. The van der Waals surface area contributed by atoms with Crippen LogP contribution >= 0.6 is 0 Å². The summed E-state index contributed by atoms with van der Waals surface area (Å²) in [6.07, 6.45) is 0.575. The number of hydrogen-bond donors (Lipinski definition) is 2. The summed E-state index contributed by atoms with van der Waals surface area (Å²) < 4.78 is 17.7. The smallest absolute Gasteiger partial charge is 0.315 e. The van der Waals surface area contributed by atoms with Gasteiger partial charge in [0.2, 0.25) is 0 Å². The number of rotatable bonds is 6. The highest BCUT2D eigenvalue weighted by Crippen LogP contribution is 2.04. The monoisotopic (exact) mass is 292 g/mol. The zero-order valence-corrected chi connectivity index (χ0v) is 11.9. The van der Waals surface area contributed by atoms with Gasteiger partial charge in [0.15, 0.2) is 5.82 Å². The Labute approximate surface area is 121 Å². The normalized spacial score (nSPS) is 12.1. The van der Waals surface area contributed by atoms with Gasteiger partial charge in [0, 0.05) is 19.0 Å². The maximum atomic E-state index is 12.8. The molecule has 21 heavy (non-hydrogen) atoms. The van der Waals surface area contributed by atoms with Crippen LogP contribution in [0.4, 0.5) is 4.39 Å². The van der Waals surface area contributed by atoms with Gasteiger partial charge >= 0.3 is 11.8 Å². The molecule has 0 bridgehead atoms. The Morgan fingerprint density at radius 1 is 1.38 bits per heavy atom. The van der Waals surface area contributed by atoms with Crippen molar-refractivity contribution in [3.8, 4) is 0 Å². The van der Waals surface area contributed by atoms with Crippen LogP contribution in [0.3, 0.4) is 0 Å². The summed E-state index contributed by atoms with van der Waals surface area (Å²) in [5, 5.41) is 9.45. The van der Waals surface area contributed by atoms with E-state index >= 15 is 0 Å². The van der Waals surface area contributed by atoms with E-state index in [9.17, 15) is 9.18 Å². The molecule has 0 saturated carbocycles. The lowest BCUT2D eigenvalue weighted by atomic mass is 10.2. The van der Waals surface area contributed by atoms with Crippen molar-refractivity contribution in [3.63, 3.8) is 0 Å². The summed E-state index contributed by atoms with van der Waals surface area (Å²) in [6, 6.07) is 6.07. The maximum Gasteiger partial charge on any atom is 0.315 e. The molecule has 0 fully saturated rings. The van der Waals surface area contributed by atoms with Crippen LogP contribution in [0.15, 0.2) is 28.8 Å². The van der Waals surface area contributed by atoms with Crippen LogP contribution in [0.1, 0.15) is 29.0 Å². The van der Waals surface area contributed by atoms with Crippen molar-refractivity contribution in [2.45, 2.75) is 25.9 Å². The van der Waals surface area contributed by atoms with E-state index in [0.717, 1.165) is 5.56 Å². The van der Waals surface area contributed by atoms with E-state index in [-0.39, 0.29) is 24.3 Å². The summed E-state index contributed by atoms with van der Waals surface area (Å²) in [7, 11) is 1.83. The molecule has 0 spiro atoms. The zero-order valence-electron chi connectivity index (χ0n) is 11.9. The SMILES string of the molecule is CNC(C)Cc1noc(C(=O)NCc2ccc(F)cc2)n1. The number of carbonyl (C=O) groups is 1. The van der Waals surface area contributed by atoms with Crippen LogP contribution in [-0.4, -0.2) is 29.1 Å². The average Bonchev–Trinajstić information content (AvgIpc) is 2.94. The number of aromatic nitrogens is 2. The lowest BCUT2D eigenvalue weighted by molar-refractivity contribution is 0.0907. The zero-order chi connectivity index (χ0) is 15.2. The van der Waals surface area contributed by atoms with Crippen molar-refractivity contribution in [1.82, 2.24) is 20.8 Å². The van der Waals surface area contributed by atoms with Gasteiger partial charge < -0.3 is 15.2 Å². The molecule has 1 unspecified atom stereocenters. The molecule has 7 heteroatoms. The minimum atomic E-state index is -0.449. The first kappa shape index (κ1) is 15.1. The standard InChI is InChI=1S/C14H17FN4O2/c1-9(16-2)7-12-18-14(21-19-12)13(20)17-8-10-3-5-11(15)6-4-10/h3-6,9,16H,7-8H2,1-2H3,(H,17,20). The van der Waals surface area contributed by atoms with E-state index in [4.69, 9.17) is 4.52 Å². The Bertz CT molecular complexity index is 597. The van der Waals surface area contributed by atoms with Gasteiger partial charge in [0.25, 0.3) is 0 Å². The number of amides is 1. The summed E-state index contributed by atoms with van der Waals surface area (Å²) in [4.78, 5) is 15.9. The van der Waals surface area contributed by atoms with E-state index in [1.165, 1.54) is 12.1 Å². The van der Waals surface area contributed by atoms with E-state index in [2.05, 4.69) is 20.8 Å². The van der Waals surface area contributed by atoms with Gasteiger partial charge in [-0.25, -0.2) is 4.39 Å². The first-order chi connectivity index (χ1) is 10.1. The number of benzene rings is 1. The van der Waals surface area contributed by atoms with Crippen LogP contribution in [0.2, 0.25) is 0 Å². The molecule has 6 nitrogen and oxygen atoms in total. The summed E-state index contributed by atoms with van der Waals surface area (Å²) in [6.45, 7) is 2.24. The van der Waals surface area contributed by atoms with Crippen molar-refractivity contribution < 1.29 is 13.7 Å². The van der Waals surface area contributed by atoms with E-state index in [1.807, 2.05) is 14.0 Å². The van der Waals surface area contributed by atoms with Crippen molar-refractivity contribution >= 4 is 5.91 Å². The predicted octanol–water partition coefficient (Wildman–Crippen LogP) is 1.29. The Morgan fingerprint density at radius 2 is 2.10 bits per heavy atom. The quantitative estimate of drug-likeness (QED) is 0.838. The minimum Gasteiger partial charge on any atom is -0.344 e. The van der Waals surface area contributed by atoms with Crippen LogP contribution in [0.25, 0.3) is 0 Å². The number of nitrogens with one attached hydrogen (secondary N) is 2. The fourth-order valence-corrected chi connectivity index (χ4v) is 1.67. The van der Waals surface area contributed by atoms with Crippen LogP contribution < -0.4 is 10.6 Å². The first-order valence-corrected chi connectivity index (χ1v) is 6.61. The molecule has 0 aliphatic rings. The molecule has 0 aliphatic carbocycles. The molecule has 1 aromatic carbocycles. The average molecular weight is 292 g/mol. The largest absolute Gasteiger partial charge is 0.344 e. The summed E-state index contributed by atoms with van der Waals surface area (Å²) in [5.41, 5.74) is 0.785. The molecule has 0 aliphatic heterocycles. The molecule has 1 aromatic heterocycles. The molecular weight excluding hydrogens is 275 g/mol. The van der Waals surface area contributed by atoms with Gasteiger partial charge in [-0.3, -0.25) is 4.79 Å². The van der Waals surface area contributed by atoms with Crippen molar-refractivity contribution in [2.24, 2.45) is 0 Å². The fraction of sp³-hybridized carbons (Fsp3) is 0.357. The molecule has 0 saturated heterocycles. The van der Waals surface area contributed by atoms with Crippen LogP contribution in [0.5, 0.6) is 0 Å². The molecule has 2 N–H and O–H groups in total. The van der Waals surface area contributed by atoms with Crippen molar-refractivity contribution in [1.29, 1.82) is 0 Å². The number of carbonyl (C=O) groups excluding carboxylic acids is 1. The number of likely N-dealkylation sites (N-methyl/N-ethyl adjacent to an activating group) is 1. The van der Waals surface area contributed by atoms with Crippen molar-refractivity contribution in [3.05, 3.63) is 47.4 Å². The second kappa shape index (κ2) is 6.94. The first-order valence-electron chi connectivity index (χ1n) is 6.61. The lowest BCUT2D eigenvalue weighted by Gasteiger charge is -2.04. The van der Waals surface area contributed by atoms with E-state index < -0.39 is 5.91 Å². The van der Waals surface area contributed by atoms with Gasteiger partial charge in [0.1, 0.15) is 5.82 Å². The third-order valence-corrected chi connectivity index (χ3v) is 3.01. The summed E-state index contributed by atoms with van der Waals surface area (Å²) in [5.74, 6) is -0.361. The van der Waals surface area contributed by atoms with Crippen LogP contribution in [0, 0.1) is 5.82 Å². The van der Waals surface area contributed by atoms with Crippen molar-refractivity contribution in [2.75, 3.05) is 7.05 Å². The van der Waals surface area contributed by atoms with Gasteiger partial charge in [-0.1, -0.05) is 17.3 Å². The highest BCUT2D eigenvalue weighted by molar-refractivity contribution is 5.89. The number of nitrogens with zero attached hydrogens (tertiary/aromatic N) is 2. The highest BCUT2D eigenvalue weighted by atomic mass is 19.1. The molecule has 0 radical (unpaired) electrons. The predicted molar refractivity (Wildman–Crippen MR) is 74.1 cm³/mol. The van der Waals surface area contributed by atoms with Gasteiger partial charge in [0.05, 0.1) is 0 Å². The lowest BCUT2D eigenvalue weighted by Crippen LogP contribution is -2.25. The second-order valence-corrected chi connectivity index (χ2v) is 4.72.